The zero-order chi connectivity index (χ0) is 20.4. The zero-order valence-corrected chi connectivity index (χ0v) is 17.6. The van der Waals surface area contributed by atoms with Crippen LogP contribution in [0.1, 0.15) is 11.1 Å². The maximum Gasteiger partial charge on any atom is 0.243 e. The number of carbonyl (C=O) groups is 1. The number of anilines is 2. The number of aryl methyl sites for hydroxylation is 2. The van der Waals surface area contributed by atoms with E-state index >= 15 is 0 Å². The fourth-order valence-corrected chi connectivity index (χ4v) is 4.42. The molecule has 0 aliphatic carbocycles. The predicted octanol–water partition coefficient (Wildman–Crippen LogP) is 5.66. The highest BCUT2D eigenvalue weighted by Crippen LogP contribution is 2.32. The Morgan fingerprint density at radius 1 is 0.966 bits per heavy atom. The van der Waals surface area contributed by atoms with E-state index in [2.05, 4.69) is 31.3 Å². The molecule has 29 heavy (non-hydrogen) atoms. The third-order valence-corrected chi connectivity index (χ3v) is 6.23. The maximum absolute atomic E-state index is 12.8. The number of aromatic nitrogens is 1. The van der Waals surface area contributed by atoms with Crippen LogP contribution >= 0.6 is 11.3 Å². The average molecular weight is 402 g/mol. The Kier molecular flexibility index (Phi) is 5.32. The van der Waals surface area contributed by atoms with Gasteiger partial charge < -0.3 is 10.2 Å². The van der Waals surface area contributed by atoms with Crippen molar-refractivity contribution in [2.45, 2.75) is 13.8 Å². The fourth-order valence-electron chi connectivity index (χ4n) is 3.35. The van der Waals surface area contributed by atoms with Gasteiger partial charge in [0, 0.05) is 18.3 Å². The van der Waals surface area contributed by atoms with Gasteiger partial charge in [-0.2, -0.15) is 0 Å². The van der Waals surface area contributed by atoms with Crippen LogP contribution in [0.3, 0.4) is 0 Å². The molecule has 4 nitrogen and oxygen atoms in total. The number of nitrogens with one attached hydrogen (secondary N) is 1. The van der Waals surface area contributed by atoms with Gasteiger partial charge in [0.1, 0.15) is 0 Å². The Bertz CT molecular complexity index is 1130. The topological polar surface area (TPSA) is 45.2 Å². The lowest BCUT2D eigenvalue weighted by atomic mass is 10.0. The molecule has 0 radical (unpaired) electrons. The second-order valence-electron chi connectivity index (χ2n) is 7.19. The molecule has 1 amide bonds. The van der Waals surface area contributed by atoms with Crippen LogP contribution < -0.4 is 10.2 Å². The summed E-state index contributed by atoms with van der Waals surface area (Å²) in [6, 6.07) is 22.2. The molecule has 4 aromatic rings. The maximum atomic E-state index is 12.8. The van der Waals surface area contributed by atoms with Gasteiger partial charge in [-0.15, -0.1) is 0 Å². The summed E-state index contributed by atoms with van der Waals surface area (Å²) >= 11 is 1.63. The largest absolute Gasteiger partial charge is 0.342 e. The monoisotopic (exact) mass is 401 g/mol. The van der Waals surface area contributed by atoms with Crippen molar-refractivity contribution in [3.8, 4) is 11.1 Å². The molecule has 3 aromatic carbocycles. The summed E-state index contributed by atoms with van der Waals surface area (Å²) in [4.78, 5) is 19.4. The van der Waals surface area contributed by atoms with Crippen molar-refractivity contribution in [1.29, 1.82) is 0 Å². The molecular weight excluding hydrogens is 378 g/mol. The van der Waals surface area contributed by atoms with Crippen molar-refractivity contribution in [2.24, 2.45) is 0 Å². The minimum absolute atomic E-state index is 0.0661. The Labute approximate surface area is 174 Å². The van der Waals surface area contributed by atoms with Gasteiger partial charge in [-0.05, 0) is 36.6 Å². The lowest BCUT2D eigenvalue weighted by Gasteiger charge is -2.16. The standard InChI is InChI=1S/C24H23N3OS/c1-16-13-14-17(2)23-22(16)26-24(29-23)27(3)15-21(28)25-20-12-8-7-11-19(20)18-9-5-4-6-10-18/h4-14H,15H2,1-3H3,(H,25,28). The number of amides is 1. The van der Waals surface area contributed by atoms with Crippen LogP contribution in [0.4, 0.5) is 10.8 Å². The molecule has 0 spiro atoms. The van der Waals surface area contributed by atoms with E-state index in [9.17, 15) is 4.79 Å². The number of likely N-dealkylation sites (N-methyl/N-ethyl adjacent to an activating group) is 1. The van der Waals surface area contributed by atoms with E-state index in [0.29, 0.717) is 0 Å². The molecule has 0 aliphatic rings. The SMILES string of the molecule is Cc1ccc(C)c2sc(N(C)CC(=O)Nc3ccccc3-c3ccccc3)nc12. The van der Waals surface area contributed by atoms with E-state index in [0.717, 1.165) is 33.0 Å². The Balaban J connectivity index is 1.52. The minimum Gasteiger partial charge on any atom is -0.342 e. The molecule has 0 fully saturated rings. The van der Waals surface area contributed by atoms with E-state index in [1.165, 1.54) is 10.3 Å². The van der Waals surface area contributed by atoms with Crippen LogP contribution in [0.25, 0.3) is 21.3 Å². The van der Waals surface area contributed by atoms with Gasteiger partial charge in [-0.1, -0.05) is 72.0 Å². The highest BCUT2D eigenvalue weighted by molar-refractivity contribution is 7.22. The van der Waals surface area contributed by atoms with Crippen LogP contribution in [0.2, 0.25) is 0 Å². The molecule has 146 valence electrons. The first-order valence-electron chi connectivity index (χ1n) is 9.55. The average Bonchev–Trinajstić information content (AvgIpc) is 3.19. The Morgan fingerprint density at radius 3 is 2.41 bits per heavy atom. The van der Waals surface area contributed by atoms with Crippen molar-refractivity contribution in [3.05, 3.63) is 77.9 Å². The lowest BCUT2D eigenvalue weighted by molar-refractivity contribution is -0.114. The van der Waals surface area contributed by atoms with E-state index in [1.807, 2.05) is 66.5 Å². The predicted molar refractivity (Wildman–Crippen MR) is 123 cm³/mol. The fraction of sp³-hybridized carbons (Fsp3) is 0.167. The number of benzene rings is 3. The molecular formula is C24H23N3OS. The number of hydrogen-bond donors (Lipinski definition) is 1. The van der Waals surface area contributed by atoms with Gasteiger partial charge in [0.05, 0.1) is 16.8 Å². The normalized spacial score (nSPS) is 10.9. The molecule has 0 unspecified atom stereocenters. The number of thiazole rings is 1. The first kappa shape index (κ1) is 19.2. The third-order valence-electron chi connectivity index (χ3n) is 4.92. The van der Waals surface area contributed by atoms with E-state index in [1.54, 1.807) is 11.3 Å². The third kappa shape index (κ3) is 4.00. The minimum atomic E-state index is -0.0661. The van der Waals surface area contributed by atoms with Crippen molar-refractivity contribution < 1.29 is 4.79 Å². The molecule has 0 atom stereocenters. The van der Waals surface area contributed by atoms with Crippen molar-refractivity contribution >= 4 is 38.3 Å². The van der Waals surface area contributed by atoms with Crippen molar-refractivity contribution in [1.82, 2.24) is 4.98 Å². The van der Waals surface area contributed by atoms with Crippen LogP contribution in [-0.4, -0.2) is 24.5 Å². The molecule has 4 rings (SSSR count). The summed E-state index contributed by atoms with van der Waals surface area (Å²) in [5.41, 5.74) is 6.29. The quantitative estimate of drug-likeness (QED) is 0.470. The summed E-state index contributed by atoms with van der Waals surface area (Å²) in [6.07, 6.45) is 0. The van der Waals surface area contributed by atoms with Gasteiger partial charge in [-0.3, -0.25) is 4.79 Å². The summed E-state index contributed by atoms with van der Waals surface area (Å²) in [7, 11) is 1.91. The molecule has 0 bridgehead atoms. The van der Waals surface area contributed by atoms with E-state index in [4.69, 9.17) is 4.98 Å². The highest BCUT2D eigenvalue weighted by atomic mass is 32.1. The smallest absolute Gasteiger partial charge is 0.243 e. The first-order valence-corrected chi connectivity index (χ1v) is 10.4. The van der Waals surface area contributed by atoms with Gasteiger partial charge >= 0.3 is 0 Å². The number of nitrogens with zero attached hydrogens (tertiary/aromatic N) is 2. The number of carbonyl (C=O) groups excluding carboxylic acids is 1. The number of para-hydroxylation sites is 1. The molecule has 5 heteroatoms. The Hall–Kier alpha value is -3.18. The number of fused-ring (bicyclic) bond motifs is 1. The molecule has 0 aliphatic heterocycles. The van der Waals surface area contributed by atoms with Crippen LogP contribution in [0.15, 0.2) is 66.7 Å². The Morgan fingerprint density at radius 2 is 1.66 bits per heavy atom. The van der Waals surface area contributed by atoms with E-state index < -0.39 is 0 Å². The molecule has 1 heterocycles. The second-order valence-corrected chi connectivity index (χ2v) is 8.17. The van der Waals surface area contributed by atoms with Crippen molar-refractivity contribution in [2.75, 3.05) is 23.8 Å². The summed E-state index contributed by atoms with van der Waals surface area (Å²) in [5, 5.41) is 3.91. The van der Waals surface area contributed by atoms with Crippen molar-refractivity contribution in [3.63, 3.8) is 0 Å². The summed E-state index contributed by atoms with van der Waals surface area (Å²) < 4.78 is 1.18. The summed E-state index contributed by atoms with van der Waals surface area (Å²) in [5.74, 6) is -0.0661. The summed E-state index contributed by atoms with van der Waals surface area (Å²) in [6.45, 7) is 4.40. The molecule has 0 saturated carbocycles. The van der Waals surface area contributed by atoms with Crippen LogP contribution in [0.5, 0.6) is 0 Å². The van der Waals surface area contributed by atoms with Gasteiger partial charge in [0.2, 0.25) is 5.91 Å². The lowest BCUT2D eigenvalue weighted by Crippen LogP contribution is -2.30. The van der Waals surface area contributed by atoms with Gasteiger partial charge in [0.25, 0.3) is 0 Å². The van der Waals surface area contributed by atoms with Gasteiger partial charge in [0.15, 0.2) is 5.13 Å². The molecule has 0 saturated heterocycles. The van der Waals surface area contributed by atoms with E-state index in [-0.39, 0.29) is 12.5 Å². The molecule has 1 aromatic heterocycles. The second kappa shape index (κ2) is 8.05. The molecule has 1 N–H and O–H groups in total. The van der Waals surface area contributed by atoms with Crippen LogP contribution in [0, 0.1) is 13.8 Å². The first-order chi connectivity index (χ1) is 14.0. The highest BCUT2D eigenvalue weighted by Gasteiger charge is 2.15. The number of rotatable bonds is 5. The van der Waals surface area contributed by atoms with Crippen LogP contribution in [-0.2, 0) is 4.79 Å². The zero-order valence-electron chi connectivity index (χ0n) is 16.8. The van der Waals surface area contributed by atoms with Gasteiger partial charge in [-0.25, -0.2) is 4.98 Å². The number of hydrogen-bond acceptors (Lipinski definition) is 4.